The van der Waals surface area contributed by atoms with E-state index in [9.17, 15) is 0 Å². The molecule has 0 saturated heterocycles. The maximum atomic E-state index is 2.43. The highest BCUT2D eigenvalue weighted by Crippen LogP contribution is 2.63. The summed E-state index contributed by atoms with van der Waals surface area (Å²) in [6, 6.07) is 0. The first kappa shape index (κ1) is 7.64. The van der Waals surface area contributed by atoms with Crippen LogP contribution in [0.3, 0.4) is 0 Å². The first-order valence-corrected chi connectivity index (χ1v) is 5.04. The molecule has 3 saturated carbocycles. The number of hydrogen-bond acceptors (Lipinski definition) is 0. The molecule has 3 aliphatic rings. The molecule has 0 heterocycles. The molecule has 0 atom stereocenters. The first-order valence-electron chi connectivity index (χ1n) is 5.04. The van der Waals surface area contributed by atoms with Crippen LogP contribution in [0.2, 0.25) is 0 Å². The van der Waals surface area contributed by atoms with Crippen molar-refractivity contribution in [3.63, 3.8) is 0 Å². The van der Waals surface area contributed by atoms with Gasteiger partial charge in [-0.25, -0.2) is 0 Å². The summed E-state index contributed by atoms with van der Waals surface area (Å²) in [4.78, 5) is 0. The Morgan fingerprint density at radius 3 is 2.09 bits per heavy atom. The van der Waals surface area contributed by atoms with Crippen LogP contribution in [0.4, 0.5) is 0 Å². The molecule has 0 aliphatic heterocycles. The van der Waals surface area contributed by atoms with Crippen LogP contribution < -0.4 is 0 Å². The molecular formula is C11H20. The van der Waals surface area contributed by atoms with Crippen molar-refractivity contribution in [3.05, 3.63) is 0 Å². The molecule has 0 amide bonds. The minimum absolute atomic E-state index is 0.573. The summed E-state index contributed by atoms with van der Waals surface area (Å²) in [6.45, 7) is 7.28. The molecule has 0 nitrogen and oxygen atoms in total. The molecular weight excluding hydrogens is 132 g/mol. The standard InChI is InChI=1S/C11H20/c1-10(2,3)11-6-4-5-9(7-11)8-11/h9H,4-8H2,1-3H3. The Labute approximate surface area is 70.4 Å². The van der Waals surface area contributed by atoms with Gasteiger partial charge in [-0.15, -0.1) is 0 Å². The molecule has 2 bridgehead atoms. The van der Waals surface area contributed by atoms with Crippen LogP contribution in [0.15, 0.2) is 0 Å². The van der Waals surface area contributed by atoms with E-state index in [0.717, 1.165) is 11.3 Å². The van der Waals surface area contributed by atoms with Gasteiger partial charge < -0.3 is 0 Å². The van der Waals surface area contributed by atoms with Gasteiger partial charge in [0.2, 0.25) is 0 Å². The topological polar surface area (TPSA) is 0 Å². The fourth-order valence-electron chi connectivity index (χ4n) is 3.17. The molecule has 64 valence electrons. The Balaban J connectivity index is 2.13. The van der Waals surface area contributed by atoms with Gasteiger partial charge in [0.25, 0.3) is 0 Å². The van der Waals surface area contributed by atoms with Gasteiger partial charge in [0.05, 0.1) is 0 Å². The van der Waals surface area contributed by atoms with Gasteiger partial charge in [0.15, 0.2) is 0 Å². The smallest absolute Gasteiger partial charge is 0.0244 e. The van der Waals surface area contributed by atoms with Crippen LogP contribution >= 0.6 is 0 Å². The number of hydrogen-bond donors (Lipinski definition) is 0. The zero-order valence-corrected chi connectivity index (χ0v) is 8.11. The summed E-state index contributed by atoms with van der Waals surface area (Å²) < 4.78 is 0. The molecule has 0 aromatic carbocycles. The fraction of sp³-hybridized carbons (Fsp3) is 1.00. The van der Waals surface area contributed by atoms with E-state index in [0.29, 0.717) is 5.41 Å². The zero-order chi connectivity index (χ0) is 8.11. The van der Waals surface area contributed by atoms with Gasteiger partial charge in [-0.05, 0) is 36.0 Å². The van der Waals surface area contributed by atoms with Gasteiger partial charge >= 0.3 is 0 Å². The Morgan fingerprint density at radius 1 is 1.18 bits per heavy atom. The Morgan fingerprint density at radius 2 is 1.82 bits per heavy atom. The van der Waals surface area contributed by atoms with Gasteiger partial charge in [-0.2, -0.15) is 0 Å². The average molecular weight is 152 g/mol. The Hall–Kier alpha value is 0. The lowest BCUT2D eigenvalue weighted by molar-refractivity contribution is -0.0924. The van der Waals surface area contributed by atoms with E-state index in [2.05, 4.69) is 20.8 Å². The zero-order valence-electron chi connectivity index (χ0n) is 8.11. The van der Waals surface area contributed by atoms with Gasteiger partial charge in [-0.3, -0.25) is 0 Å². The van der Waals surface area contributed by atoms with Crippen LogP contribution in [0.1, 0.15) is 52.9 Å². The van der Waals surface area contributed by atoms with E-state index in [4.69, 9.17) is 0 Å². The Kier molecular flexibility index (Phi) is 1.41. The van der Waals surface area contributed by atoms with Crippen LogP contribution in [-0.2, 0) is 0 Å². The summed E-state index contributed by atoms with van der Waals surface area (Å²) in [7, 11) is 0. The summed E-state index contributed by atoms with van der Waals surface area (Å²) >= 11 is 0. The van der Waals surface area contributed by atoms with Gasteiger partial charge in [0, 0.05) is 0 Å². The lowest BCUT2D eigenvalue weighted by Gasteiger charge is -2.60. The van der Waals surface area contributed by atoms with E-state index >= 15 is 0 Å². The van der Waals surface area contributed by atoms with Crippen molar-refractivity contribution in [2.24, 2.45) is 16.7 Å². The largest absolute Gasteiger partial charge is 0.0596 e. The molecule has 0 spiro atoms. The Bertz CT molecular complexity index is 150. The number of rotatable bonds is 0. The van der Waals surface area contributed by atoms with Crippen LogP contribution in [0.5, 0.6) is 0 Å². The third-order valence-corrected chi connectivity index (χ3v) is 4.22. The van der Waals surface area contributed by atoms with Crippen molar-refractivity contribution in [3.8, 4) is 0 Å². The summed E-state index contributed by atoms with van der Waals surface area (Å²) in [6.07, 6.45) is 7.61. The maximum absolute atomic E-state index is 2.43. The average Bonchev–Trinajstić information content (AvgIpc) is 1.85. The molecule has 0 N–H and O–H groups in total. The normalized spacial score (nSPS) is 43.4. The minimum atomic E-state index is 0.573. The quantitative estimate of drug-likeness (QED) is 0.497. The second kappa shape index (κ2) is 2.02. The van der Waals surface area contributed by atoms with Crippen molar-refractivity contribution < 1.29 is 0 Å². The molecule has 3 rings (SSSR count). The third-order valence-electron chi connectivity index (χ3n) is 4.22. The van der Waals surface area contributed by atoms with E-state index in [1.54, 1.807) is 0 Å². The van der Waals surface area contributed by atoms with Gasteiger partial charge in [0.1, 0.15) is 0 Å². The number of fused-ring (bicyclic) bond motifs is 2. The molecule has 0 heteroatoms. The first-order chi connectivity index (χ1) is 5.04. The fourth-order valence-corrected chi connectivity index (χ4v) is 3.17. The third kappa shape index (κ3) is 0.947. The highest BCUT2D eigenvalue weighted by Gasteiger charge is 2.53. The van der Waals surface area contributed by atoms with E-state index in [1.807, 2.05) is 0 Å². The lowest BCUT2D eigenvalue weighted by atomic mass is 9.45. The summed E-state index contributed by atoms with van der Waals surface area (Å²) in [5.74, 6) is 1.11. The van der Waals surface area contributed by atoms with Crippen molar-refractivity contribution >= 4 is 0 Å². The predicted octanol–water partition coefficient (Wildman–Crippen LogP) is 3.61. The van der Waals surface area contributed by atoms with Crippen LogP contribution in [0, 0.1) is 16.7 Å². The summed E-state index contributed by atoms with van der Waals surface area (Å²) in [5.41, 5.74) is 1.33. The molecule has 11 heavy (non-hydrogen) atoms. The van der Waals surface area contributed by atoms with E-state index in [1.165, 1.54) is 32.1 Å². The van der Waals surface area contributed by atoms with E-state index in [-0.39, 0.29) is 0 Å². The second-order valence-corrected chi connectivity index (χ2v) is 5.70. The van der Waals surface area contributed by atoms with Crippen molar-refractivity contribution in [2.45, 2.75) is 52.9 Å². The highest BCUT2D eigenvalue weighted by atomic mass is 14.6. The van der Waals surface area contributed by atoms with Crippen molar-refractivity contribution in [1.82, 2.24) is 0 Å². The van der Waals surface area contributed by atoms with Crippen LogP contribution in [-0.4, -0.2) is 0 Å². The lowest BCUT2D eigenvalue weighted by Crippen LogP contribution is -2.49. The predicted molar refractivity (Wildman–Crippen MR) is 48.5 cm³/mol. The van der Waals surface area contributed by atoms with Gasteiger partial charge in [-0.1, -0.05) is 33.6 Å². The molecule has 0 aromatic heterocycles. The molecule has 3 fully saturated rings. The minimum Gasteiger partial charge on any atom is -0.0596 e. The second-order valence-electron chi connectivity index (χ2n) is 5.70. The molecule has 0 unspecified atom stereocenters. The highest BCUT2D eigenvalue weighted by molar-refractivity contribution is 5.03. The van der Waals surface area contributed by atoms with E-state index < -0.39 is 0 Å². The van der Waals surface area contributed by atoms with Crippen molar-refractivity contribution in [1.29, 1.82) is 0 Å². The monoisotopic (exact) mass is 152 g/mol. The maximum Gasteiger partial charge on any atom is -0.0244 e. The summed E-state index contributed by atoms with van der Waals surface area (Å²) in [5, 5.41) is 0. The molecule has 0 aromatic rings. The molecule has 0 radical (unpaired) electrons. The molecule has 3 aliphatic carbocycles. The SMILES string of the molecule is CC(C)(C)C12CCCC(C1)C2. The van der Waals surface area contributed by atoms with Crippen LogP contribution in [0.25, 0.3) is 0 Å². The van der Waals surface area contributed by atoms with Crippen molar-refractivity contribution in [2.75, 3.05) is 0 Å².